The van der Waals surface area contributed by atoms with Gasteiger partial charge in [0.2, 0.25) is 0 Å². The number of hydrogen-bond acceptors (Lipinski definition) is 3. The summed E-state index contributed by atoms with van der Waals surface area (Å²) in [4.78, 5) is 5.59. The summed E-state index contributed by atoms with van der Waals surface area (Å²) < 4.78 is 0. The lowest BCUT2D eigenvalue weighted by Gasteiger charge is -2.09. The molecular weight excluding hydrogens is 206 g/mol. The van der Waals surface area contributed by atoms with Crippen molar-refractivity contribution >= 4 is 17.6 Å². The Labute approximate surface area is 95.1 Å². The summed E-state index contributed by atoms with van der Waals surface area (Å²) in [5.41, 5.74) is 3.73. The summed E-state index contributed by atoms with van der Waals surface area (Å²) in [6.07, 6.45) is 3.07. The number of nitrogens with zero attached hydrogens (tertiary/aromatic N) is 1. The van der Waals surface area contributed by atoms with Crippen molar-refractivity contribution in [2.75, 3.05) is 12.8 Å². The van der Waals surface area contributed by atoms with E-state index in [1.54, 1.807) is 11.8 Å². The van der Waals surface area contributed by atoms with E-state index in [2.05, 4.69) is 23.4 Å². The molecule has 1 aromatic carbocycles. The molecule has 0 unspecified atom stereocenters. The van der Waals surface area contributed by atoms with Crippen LogP contribution in [0, 0.1) is 0 Å². The Balaban J connectivity index is 3.00. The quantitative estimate of drug-likeness (QED) is 0.270. The standard InChI is InChI=1S/C11H17N3S/c1-3-8-13-11(14-12)9-6-4-5-7-10(9)15-2/h4-7H,3,8,12H2,1-2H3,(H,13,14). The highest BCUT2D eigenvalue weighted by molar-refractivity contribution is 7.98. The maximum Gasteiger partial charge on any atom is 0.143 e. The summed E-state index contributed by atoms with van der Waals surface area (Å²) in [6, 6.07) is 8.11. The van der Waals surface area contributed by atoms with Gasteiger partial charge in [-0.15, -0.1) is 11.8 Å². The van der Waals surface area contributed by atoms with E-state index in [9.17, 15) is 0 Å². The second-order valence-electron chi connectivity index (χ2n) is 3.07. The number of benzene rings is 1. The molecule has 0 heterocycles. The van der Waals surface area contributed by atoms with Gasteiger partial charge in [-0.2, -0.15) is 0 Å². The van der Waals surface area contributed by atoms with Crippen molar-refractivity contribution in [3.8, 4) is 0 Å². The van der Waals surface area contributed by atoms with E-state index in [0.717, 1.165) is 24.4 Å². The van der Waals surface area contributed by atoms with Gasteiger partial charge in [0.15, 0.2) is 0 Å². The van der Waals surface area contributed by atoms with Crippen LogP contribution in [0.1, 0.15) is 18.9 Å². The predicted octanol–water partition coefficient (Wildman–Crippen LogP) is 2.03. The third-order valence-electron chi connectivity index (χ3n) is 1.99. The van der Waals surface area contributed by atoms with Gasteiger partial charge in [-0.25, -0.2) is 5.84 Å². The average molecular weight is 223 g/mol. The van der Waals surface area contributed by atoms with Crippen molar-refractivity contribution in [2.24, 2.45) is 10.8 Å². The Kier molecular flexibility index (Phi) is 5.21. The number of aliphatic imine (C=N–C) groups is 1. The number of nitrogens with one attached hydrogen (secondary N) is 1. The molecule has 0 aliphatic heterocycles. The molecule has 0 aromatic heterocycles. The fraction of sp³-hybridized carbons (Fsp3) is 0.364. The van der Waals surface area contributed by atoms with Gasteiger partial charge in [0, 0.05) is 17.0 Å². The molecule has 15 heavy (non-hydrogen) atoms. The third-order valence-corrected chi connectivity index (χ3v) is 2.79. The molecule has 1 rings (SSSR count). The number of thioether (sulfide) groups is 1. The highest BCUT2D eigenvalue weighted by Gasteiger charge is 2.05. The van der Waals surface area contributed by atoms with Crippen LogP contribution < -0.4 is 11.3 Å². The second-order valence-corrected chi connectivity index (χ2v) is 3.92. The minimum Gasteiger partial charge on any atom is -0.308 e. The Hall–Kier alpha value is -1.00. The normalized spacial score (nSPS) is 11.5. The average Bonchev–Trinajstić information content (AvgIpc) is 2.30. The minimum atomic E-state index is 0.766. The molecule has 3 N–H and O–H groups in total. The zero-order chi connectivity index (χ0) is 11.1. The fourth-order valence-corrected chi connectivity index (χ4v) is 1.87. The maximum atomic E-state index is 5.48. The van der Waals surface area contributed by atoms with E-state index in [-0.39, 0.29) is 0 Å². The summed E-state index contributed by atoms with van der Waals surface area (Å²) >= 11 is 1.70. The molecule has 0 fully saturated rings. The van der Waals surface area contributed by atoms with E-state index < -0.39 is 0 Å². The molecular formula is C11H17N3S. The molecule has 4 heteroatoms. The van der Waals surface area contributed by atoms with Gasteiger partial charge in [-0.05, 0) is 18.7 Å². The summed E-state index contributed by atoms with van der Waals surface area (Å²) in [6.45, 7) is 2.89. The lowest BCUT2D eigenvalue weighted by Crippen LogP contribution is -2.31. The van der Waals surface area contributed by atoms with Crippen LogP contribution in [-0.2, 0) is 0 Å². The number of nitrogens with two attached hydrogens (primary N) is 1. The van der Waals surface area contributed by atoms with Crippen LogP contribution >= 0.6 is 11.8 Å². The first-order valence-corrected chi connectivity index (χ1v) is 6.20. The number of rotatable bonds is 4. The summed E-state index contributed by atoms with van der Waals surface area (Å²) in [7, 11) is 0. The van der Waals surface area contributed by atoms with E-state index in [1.807, 2.05) is 24.5 Å². The van der Waals surface area contributed by atoms with Gasteiger partial charge in [-0.1, -0.05) is 25.1 Å². The van der Waals surface area contributed by atoms with E-state index in [0.29, 0.717) is 0 Å². The van der Waals surface area contributed by atoms with Gasteiger partial charge >= 0.3 is 0 Å². The molecule has 0 bridgehead atoms. The monoisotopic (exact) mass is 223 g/mol. The molecule has 0 atom stereocenters. The molecule has 1 aromatic rings. The Morgan fingerprint density at radius 3 is 2.80 bits per heavy atom. The van der Waals surface area contributed by atoms with Crippen molar-refractivity contribution in [2.45, 2.75) is 18.2 Å². The lowest BCUT2D eigenvalue weighted by atomic mass is 10.2. The van der Waals surface area contributed by atoms with Crippen molar-refractivity contribution in [1.82, 2.24) is 5.43 Å². The smallest absolute Gasteiger partial charge is 0.143 e. The van der Waals surface area contributed by atoms with Crippen molar-refractivity contribution in [3.05, 3.63) is 29.8 Å². The van der Waals surface area contributed by atoms with Gasteiger partial charge in [0.1, 0.15) is 5.84 Å². The van der Waals surface area contributed by atoms with Crippen LogP contribution in [0.5, 0.6) is 0 Å². The first-order chi connectivity index (χ1) is 7.33. The van der Waals surface area contributed by atoms with Gasteiger partial charge in [-0.3, -0.25) is 4.99 Å². The first kappa shape index (κ1) is 12.1. The van der Waals surface area contributed by atoms with E-state index in [1.165, 1.54) is 4.90 Å². The van der Waals surface area contributed by atoms with Gasteiger partial charge in [0.05, 0.1) is 0 Å². The Bertz CT molecular complexity index is 336. The predicted molar refractivity (Wildman–Crippen MR) is 67.2 cm³/mol. The van der Waals surface area contributed by atoms with Crippen molar-refractivity contribution in [1.29, 1.82) is 0 Å². The van der Waals surface area contributed by atoms with Crippen LogP contribution in [0.15, 0.2) is 34.2 Å². The first-order valence-electron chi connectivity index (χ1n) is 4.98. The number of hydrazine groups is 1. The third kappa shape index (κ3) is 3.25. The SMILES string of the molecule is CCCN=C(NN)c1ccccc1SC. The Morgan fingerprint density at radius 2 is 2.20 bits per heavy atom. The van der Waals surface area contributed by atoms with Crippen LogP contribution in [0.4, 0.5) is 0 Å². The molecule has 3 nitrogen and oxygen atoms in total. The summed E-state index contributed by atoms with van der Waals surface area (Å²) in [5.74, 6) is 6.24. The van der Waals surface area contributed by atoms with Gasteiger partial charge < -0.3 is 5.43 Å². The number of hydrogen-bond donors (Lipinski definition) is 2. The van der Waals surface area contributed by atoms with Crippen LogP contribution in [-0.4, -0.2) is 18.6 Å². The molecule has 0 saturated carbocycles. The fourth-order valence-electron chi connectivity index (χ4n) is 1.27. The topological polar surface area (TPSA) is 50.4 Å². The van der Waals surface area contributed by atoms with Crippen LogP contribution in [0.2, 0.25) is 0 Å². The van der Waals surface area contributed by atoms with E-state index in [4.69, 9.17) is 5.84 Å². The maximum absolute atomic E-state index is 5.48. The molecule has 82 valence electrons. The van der Waals surface area contributed by atoms with Crippen molar-refractivity contribution in [3.63, 3.8) is 0 Å². The molecule has 0 saturated heterocycles. The van der Waals surface area contributed by atoms with Crippen molar-refractivity contribution < 1.29 is 0 Å². The highest BCUT2D eigenvalue weighted by Crippen LogP contribution is 2.19. The molecule has 0 amide bonds. The summed E-state index contributed by atoms with van der Waals surface area (Å²) in [5, 5.41) is 0. The van der Waals surface area contributed by atoms with E-state index >= 15 is 0 Å². The van der Waals surface area contributed by atoms with Crippen LogP contribution in [0.25, 0.3) is 0 Å². The minimum absolute atomic E-state index is 0.766. The largest absolute Gasteiger partial charge is 0.308 e. The van der Waals surface area contributed by atoms with Crippen LogP contribution in [0.3, 0.4) is 0 Å². The molecule has 0 aliphatic rings. The highest BCUT2D eigenvalue weighted by atomic mass is 32.2. The molecule has 0 spiro atoms. The zero-order valence-corrected chi connectivity index (χ0v) is 9.97. The second kappa shape index (κ2) is 6.48. The number of amidine groups is 1. The van der Waals surface area contributed by atoms with Gasteiger partial charge in [0.25, 0.3) is 0 Å². The zero-order valence-electron chi connectivity index (χ0n) is 9.16. The Morgan fingerprint density at radius 1 is 1.47 bits per heavy atom. The molecule has 0 radical (unpaired) electrons. The lowest BCUT2D eigenvalue weighted by molar-refractivity contribution is 0.906. The molecule has 0 aliphatic carbocycles.